The van der Waals surface area contributed by atoms with Crippen LogP contribution in [0, 0.1) is 6.92 Å². The fourth-order valence-electron chi connectivity index (χ4n) is 1.68. The fraction of sp³-hybridized carbons (Fsp3) is 0.429. The first-order valence-electron chi connectivity index (χ1n) is 6.16. The summed E-state index contributed by atoms with van der Waals surface area (Å²) in [6.45, 7) is 6.41. The van der Waals surface area contributed by atoms with Gasteiger partial charge in [-0.2, -0.15) is 0 Å². The molecule has 0 saturated carbocycles. The Labute approximate surface area is 108 Å². The van der Waals surface area contributed by atoms with Crippen LogP contribution in [0.3, 0.4) is 0 Å². The summed E-state index contributed by atoms with van der Waals surface area (Å²) in [4.78, 5) is 24.4. The van der Waals surface area contributed by atoms with Gasteiger partial charge < -0.3 is 5.32 Å². The Morgan fingerprint density at radius 1 is 1.33 bits per heavy atom. The number of carbonyl (C=O) groups excluding carboxylic acids is 2. The third kappa shape index (κ3) is 4.20. The maximum atomic E-state index is 12.0. The predicted molar refractivity (Wildman–Crippen MR) is 72.9 cm³/mol. The molecule has 0 aliphatic carbocycles. The molecular formula is C14H20N2O2. The highest BCUT2D eigenvalue weighted by atomic mass is 16.2. The van der Waals surface area contributed by atoms with Crippen molar-refractivity contribution in [2.45, 2.75) is 27.2 Å². The third-order valence-corrected chi connectivity index (χ3v) is 2.63. The topological polar surface area (TPSA) is 49.4 Å². The summed E-state index contributed by atoms with van der Waals surface area (Å²) in [6.07, 6.45) is 0.372. The highest BCUT2D eigenvalue weighted by Gasteiger charge is 2.13. The lowest BCUT2D eigenvalue weighted by Crippen LogP contribution is -2.40. The van der Waals surface area contributed by atoms with E-state index in [1.165, 1.54) is 6.92 Å². The standard InChI is InChI=1S/C14H20N2O2/c1-4-16(13-7-5-6-11(2)10-13)14(18)15-9-8-12(3)17/h5-7,10H,4,8-9H2,1-3H3,(H,15,18). The average Bonchev–Trinajstić information content (AvgIpc) is 2.29. The molecule has 1 aromatic carbocycles. The van der Waals surface area contributed by atoms with Crippen molar-refractivity contribution in [1.82, 2.24) is 5.32 Å². The zero-order chi connectivity index (χ0) is 13.5. The number of nitrogens with one attached hydrogen (secondary N) is 1. The lowest BCUT2D eigenvalue weighted by atomic mass is 10.2. The molecule has 0 aromatic heterocycles. The summed E-state index contributed by atoms with van der Waals surface area (Å²) >= 11 is 0. The lowest BCUT2D eigenvalue weighted by Gasteiger charge is -2.21. The molecular weight excluding hydrogens is 228 g/mol. The Balaban J connectivity index is 2.65. The minimum Gasteiger partial charge on any atom is -0.337 e. The van der Waals surface area contributed by atoms with Gasteiger partial charge >= 0.3 is 6.03 Å². The van der Waals surface area contributed by atoms with Gasteiger partial charge in [-0.1, -0.05) is 12.1 Å². The number of hydrogen-bond donors (Lipinski definition) is 1. The van der Waals surface area contributed by atoms with Gasteiger partial charge in [0.1, 0.15) is 5.78 Å². The van der Waals surface area contributed by atoms with Crippen LogP contribution >= 0.6 is 0 Å². The zero-order valence-corrected chi connectivity index (χ0v) is 11.2. The summed E-state index contributed by atoms with van der Waals surface area (Å²) < 4.78 is 0. The number of hydrogen-bond acceptors (Lipinski definition) is 2. The monoisotopic (exact) mass is 248 g/mol. The molecule has 0 unspecified atom stereocenters. The van der Waals surface area contributed by atoms with Gasteiger partial charge in [-0.05, 0) is 38.5 Å². The first-order valence-corrected chi connectivity index (χ1v) is 6.16. The molecule has 4 nitrogen and oxygen atoms in total. The van der Waals surface area contributed by atoms with Crippen molar-refractivity contribution in [3.05, 3.63) is 29.8 Å². The van der Waals surface area contributed by atoms with Crippen LogP contribution in [0.15, 0.2) is 24.3 Å². The number of amides is 2. The highest BCUT2D eigenvalue weighted by molar-refractivity contribution is 5.92. The van der Waals surface area contributed by atoms with Gasteiger partial charge in [0.25, 0.3) is 0 Å². The average molecular weight is 248 g/mol. The van der Waals surface area contributed by atoms with Gasteiger partial charge in [0, 0.05) is 25.2 Å². The van der Waals surface area contributed by atoms with Crippen molar-refractivity contribution in [1.29, 1.82) is 0 Å². The van der Waals surface area contributed by atoms with E-state index in [1.807, 2.05) is 38.1 Å². The van der Waals surface area contributed by atoms with Crippen LogP contribution in [0.4, 0.5) is 10.5 Å². The molecule has 0 aliphatic rings. The van der Waals surface area contributed by atoms with E-state index in [0.717, 1.165) is 11.3 Å². The molecule has 0 aliphatic heterocycles. The number of aryl methyl sites for hydroxylation is 1. The molecule has 0 atom stereocenters. The van der Waals surface area contributed by atoms with Crippen molar-refractivity contribution in [2.24, 2.45) is 0 Å². The van der Waals surface area contributed by atoms with Crippen LogP contribution < -0.4 is 10.2 Å². The Morgan fingerprint density at radius 2 is 2.06 bits per heavy atom. The summed E-state index contributed by atoms with van der Waals surface area (Å²) in [5.41, 5.74) is 1.99. The molecule has 0 radical (unpaired) electrons. The number of anilines is 1. The second kappa shape index (κ2) is 6.79. The second-order valence-electron chi connectivity index (χ2n) is 4.27. The summed E-state index contributed by atoms with van der Waals surface area (Å²) in [7, 11) is 0. The van der Waals surface area contributed by atoms with Gasteiger partial charge in [-0.3, -0.25) is 9.69 Å². The van der Waals surface area contributed by atoms with E-state index in [2.05, 4.69) is 5.32 Å². The van der Waals surface area contributed by atoms with Crippen molar-refractivity contribution in [3.8, 4) is 0 Å². The van der Waals surface area contributed by atoms with Crippen LogP contribution in [0.5, 0.6) is 0 Å². The number of nitrogens with zero attached hydrogens (tertiary/aromatic N) is 1. The van der Waals surface area contributed by atoms with Crippen LogP contribution in [-0.4, -0.2) is 24.9 Å². The highest BCUT2D eigenvalue weighted by Crippen LogP contribution is 2.15. The van der Waals surface area contributed by atoms with Gasteiger partial charge in [0.2, 0.25) is 0 Å². The molecule has 18 heavy (non-hydrogen) atoms. The van der Waals surface area contributed by atoms with Gasteiger partial charge in [-0.25, -0.2) is 4.79 Å². The van der Waals surface area contributed by atoms with Crippen LogP contribution in [0.1, 0.15) is 25.8 Å². The molecule has 1 N–H and O–H groups in total. The predicted octanol–water partition coefficient (Wildman–Crippen LogP) is 2.51. The Kier molecular flexibility index (Phi) is 5.36. The minimum atomic E-state index is -0.163. The van der Waals surface area contributed by atoms with E-state index < -0.39 is 0 Å². The number of benzene rings is 1. The number of rotatable bonds is 5. The van der Waals surface area contributed by atoms with E-state index in [9.17, 15) is 9.59 Å². The smallest absolute Gasteiger partial charge is 0.321 e. The summed E-state index contributed by atoms with van der Waals surface area (Å²) in [5, 5.41) is 2.75. The van der Waals surface area contributed by atoms with Gasteiger partial charge in [0.05, 0.1) is 0 Å². The molecule has 0 saturated heterocycles. The van der Waals surface area contributed by atoms with E-state index in [4.69, 9.17) is 0 Å². The van der Waals surface area contributed by atoms with E-state index >= 15 is 0 Å². The first kappa shape index (κ1) is 14.2. The number of carbonyl (C=O) groups is 2. The quantitative estimate of drug-likeness (QED) is 0.870. The molecule has 98 valence electrons. The molecule has 0 fully saturated rings. The van der Waals surface area contributed by atoms with Gasteiger partial charge in [0.15, 0.2) is 0 Å². The number of ketones is 1. The largest absolute Gasteiger partial charge is 0.337 e. The van der Waals surface area contributed by atoms with Crippen LogP contribution in [0.25, 0.3) is 0 Å². The van der Waals surface area contributed by atoms with Gasteiger partial charge in [-0.15, -0.1) is 0 Å². The Morgan fingerprint density at radius 3 is 2.61 bits per heavy atom. The molecule has 0 spiro atoms. The van der Waals surface area contributed by atoms with E-state index in [-0.39, 0.29) is 11.8 Å². The first-order chi connectivity index (χ1) is 8.54. The molecule has 1 aromatic rings. The maximum Gasteiger partial charge on any atom is 0.321 e. The van der Waals surface area contributed by atoms with Crippen molar-refractivity contribution >= 4 is 17.5 Å². The Hall–Kier alpha value is -1.84. The zero-order valence-electron chi connectivity index (χ0n) is 11.2. The van der Waals surface area contributed by atoms with Crippen LogP contribution in [0.2, 0.25) is 0 Å². The molecule has 0 heterocycles. The normalized spacial score (nSPS) is 9.94. The Bertz CT molecular complexity index is 430. The second-order valence-corrected chi connectivity index (χ2v) is 4.27. The molecule has 1 rings (SSSR count). The SMILES string of the molecule is CCN(C(=O)NCCC(C)=O)c1cccc(C)c1. The van der Waals surface area contributed by atoms with Crippen molar-refractivity contribution in [3.63, 3.8) is 0 Å². The maximum absolute atomic E-state index is 12.0. The number of urea groups is 1. The van der Waals surface area contributed by atoms with Crippen molar-refractivity contribution < 1.29 is 9.59 Å². The van der Waals surface area contributed by atoms with E-state index in [1.54, 1.807) is 4.90 Å². The van der Waals surface area contributed by atoms with E-state index in [0.29, 0.717) is 19.5 Å². The fourth-order valence-corrected chi connectivity index (χ4v) is 1.68. The summed E-state index contributed by atoms with van der Waals surface area (Å²) in [6, 6.07) is 7.63. The molecule has 2 amide bonds. The molecule has 0 bridgehead atoms. The van der Waals surface area contributed by atoms with Crippen molar-refractivity contribution in [2.75, 3.05) is 18.0 Å². The number of Topliss-reactive ketones (excluding diaryl/α,β-unsaturated/α-hetero) is 1. The van der Waals surface area contributed by atoms with Crippen LogP contribution in [-0.2, 0) is 4.79 Å². The molecule has 4 heteroatoms. The minimum absolute atomic E-state index is 0.0777. The lowest BCUT2D eigenvalue weighted by molar-refractivity contribution is -0.116. The third-order valence-electron chi connectivity index (χ3n) is 2.63. The summed E-state index contributed by atoms with van der Waals surface area (Å²) in [5.74, 6) is 0.0777.